The third-order valence-electron chi connectivity index (χ3n) is 2.96. The van der Waals surface area contributed by atoms with Crippen molar-refractivity contribution in [2.24, 2.45) is 11.5 Å². The number of aryl methyl sites for hydroxylation is 1. The summed E-state index contributed by atoms with van der Waals surface area (Å²) in [7, 11) is 0. The molecule has 0 aliphatic carbocycles. The Balaban J connectivity index is 2.46. The maximum Gasteiger partial charge on any atom is 0.0291 e. The first kappa shape index (κ1) is 16.0. The molecule has 1 aromatic carbocycles. The maximum absolute atomic E-state index is 6.18. The van der Waals surface area contributed by atoms with Crippen LogP contribution in [0.4, 0.5) is 0 Å². The minimum Gasteiger partial charge on any atom is -0.326 e. The Morgan fingerprint density at radius 1 is 1.37 bits per heavy atom. The van der Waals surface area contributed by atoms with Crippen LogP contribution >= 0.6 is 11.8 Å². The molecule has 0 saturated carbocycles. The average molecular weight is 276 g/mol. The molecule has 1 unspecified atom stereocenters. The molecular weight excluding hydrogens is 252 g/mol. The summed E-state index contributed by atoms with van der Waals surface area (Å²) in [5, 5.41) is 0. The normalized spacial score (nSPS) is 15.1. The predicted molar refractivity (Wildman–Crippen MR) is 87.2 cm³/mol. The lowest BCUT2D eigenvalue weighted by Crippen LogP contribution is -2.44. The lowest BCUT2D eigenvalue weighted by molar-refractivity contribution is 0.564. The number of rotatable bonds is 7. The Kier molecular flexibility index (Phi) is 6.92. The third kappa shape index (κ3) is 6.10. The summed E-state index contributed by atoms with van der Waals surface area (Å²) in [6.45, 7) is 7.83. The van der Waals surface area contributed by atoms with Crippen molar-refractivity contribution in [3.63, 3.8) is 0 Å². The summed E-state index contributed by atoms with van der Waals surface area (Å²) in [4.78, 5) is 1.22. The van der Waals surface area contributed by atoms with Crippen LogP contribution in [0.5, 0.6) is 0 Å². The molecule has 0 radical (unpaired) electrons. The van der Waals surface area contributed by atoms with Gasteiger partial charge in [-0.25, -0.2) is 0 Å². The molecule has 4 N–H and O–H groups in total. The summed E-state index contributed by atoms with van der Waals surface area (Å²) in [6, 6.07) is 8.42. The van der Waals surface area contributed by atoms with Crippen LogP contribution in [0.1, 0.15) is 18.1 Å². The third-order valence-corrected chi connectivity index (χ3v) is 4.10. The van der Waals surface area contributed by atoms with Crippen LogP contribution in [0.15, 0.2) is 47.9 Å². The van der Waals surface area contributed by atoms with E-state index in [0.717, 1.165) is 12.2 Å². The second-order valence-electron chi connectivity index (χ2n) is 4.84. The van der Waals surface area contributed by atoms with Crippen molar-refractivity contribution in [3.05, 3.63) is 59.0 Å². The number of hydrogen-bond donors (Lipinski definition) is 2. The molecule has 0 aliphatic heterocycles. The molecule has 104 valence electrons. The fourth-order valence-electron chi connectivity index (χ4n) is 1.83. The molecule has 0 bridgehead atoms. The van der Waals surface area contributed by atoms with Gasteiger partial charge < -0.3 is 11.5 Å². The number of hydrogen-bond acceptors (Lipinski definition) is 3. The van der Waals surface area contributed by atoms with Crippen LogP contribution in [0.2, 0.25) is 0 Å². The molecule has 0 aliphatic rings. The number of benzene rings is 1. The number of allylic oxidation sites excluding steroid dienone is 3. The largest absolute Gasteiger partial charge is 0.326 e. The first-order valence-corrected chi connectivity index (χ1v) is 7.50. The highest BCUT2D eigenvalue weighted by Gasteiger charge is 2.14. The van der Waals surface area contributed by atoms with Gasteiger partial charge in [0.05, 0.1) is 0 Å². The zero-order valence-electron chi connectivity index (χ0n) is 11.8. The second-order valence-corrected chi connectivity index (χ2v) is 6.11. The van der Waals surface area contributed by atoms with E-state index < -0.39 is 0 Å². The molecule has 3 heteroatoms. The SMILES string of the molecule is C=C/C=C(\C)SCC(N)[C@@H](N)Cc1cccc(C)c1. The van der Waals surface area contributed by atoms with E-state index in [4.69, 9.17) is 11.5 Å². The lowest BCUT2D eigenvalue weighted by atomic mass is 10.0. The van der Waals surface area contributed by atoms with Gasteiger partial charge in [0.2, 0.25) is 0 Å². The van der Waals surface area contributed by atoms with Gasteiger partial charge in [0.15, 0.2) is 0 Å². The highest BCUT2D eigenvalue weighted by molar-refractivity contribution is 8.03. The smallest absolute Gasteiger partial charge is 0.0291 e. The highest BCUT2D eigenvalue weighted by Crippen LogP contribution is 2.17. The molecule has 0 aromatic heterocycles. The van der Waals surface area contributed by atoms with Gasteiger partial charge in [-0.2, -0.15) is 0 Å². The van der Waals surface area contributed by atoms with Crippen molar-refractivity contribution in [1.82, 2.24) is 0 Å². The van der Waals surface area contributed by atoms with Gasteiger partial charge in [0.25, 0.3) is 0 Å². The Morgan fingerprint density at radius 3 is 2.74 bits per heavy atom. The fraction of sp³-hybridized carbons (Fsp3) is 0.375. The minimum absolute atomic E-state index is 0.00122. The summed E-state index contributed by atoms with van der Waals surface area (Å²) in [6.07, 6.45) is 4.61. The molecule has 19 heavy (non-hydrogen) atoms. The lowest BCUT2D eigenvalue weighted by Gasteiger charge is -2.20. The molecule has 1 rings (SSSR count). The van der Waals surface area contributed by atoms with Crippen LogP contribution in [0, 0.1) is 6.92 Å². The monoisotopic (exact) mass is 276 g/mol. The van der Waals surface area contributed by atoms with E-state index in [9.17, 15) is 0 Å². The second kappa shape index (κ2) is 8.20. The van der Waals surface area contributed by atoms with Crippen molar-refractivity contribution in [3.8, 4) is 0 Å². The molecule has 2 atom stereocenters. The van der Waals surface area contributed by atoms with Gasteiger partial charge in [0.1, 0.15) is 0 Å². The zero-order valence-corrected chi connectivity index (χ0v) is 12.6. The van der Waals surface area contributed by atoms with Gasteiger partial charge >= 0.3 is 0 Å². The molecule has 1 aromatic rings. The van der Waals surface area contributed by atoms with Gasteiger partial charge in [-0.1, -0.05) is 48.6 Å². The summed E-state index contributed by atoms with van der Waals surface area (Å²) < 4.78 is 0. The summed E-state index contributed by atoms with van der Waals surface area (Å²) in [5.74, 6) is 0.836. The van der Waals surface area contributed by atoms with Crippen molar-refractivity contribution in [2.45, 2.75) is 32.4 Å². The highest BCUT2D eigenvalue weighted by atomic mass is 32.2. The van der Waals surface area contributed by atoms with E-state index in [1.807, 2.05) is 6.08 Å². The molecular formula is C16H24N2S. The first-order valence-electron chi connectivity index (χ1n) is 6.51. The molecule has 0 amide bonds. The van der Waals surface area contributed by atoms with E-state index in [1.165, 1.54) is 16.0 Å². The standard InChI is InChI=1S/C16H24N2S/c1-4-6-13(3)19-11-16(18)15(17)10-14-8-5-7-12(2)9-14/h4-9,15-16H,1,10-11,17-18H2,2-3H3/b13-6+/t15-,16?/m0/s1. The molecule has 0 saturated heterocycles. The molecule has 0 heterocycles. The topological polar surface area (TPSA) is 52.0 Å². The van der Waals surface area contributed by atoms with Crippen molar-refractivity contribution >= 4 is 11.8 Å². The molecule has 0 spiro atoms. The Morgan fingerprint density at radius 2 is 2.11 bits per heavy atom. The molecule has 0 fully saturated rings. The van der Waals surface area contributed by atoms with Gasteiger partial charge in [0, 0.05) is 17.8 Å². The van der Waals surface area contributed by atoms with Crippen molar-refractivity contribution in [1.29, 1.82) is 0 Å². The van der Waals surface area contributed by atoms with E-state index >= 15 is 0 Å². The first-order chi connectivity index (χ1) is 9.02. The van der Waals surface area contributed by atoms with Gasteiger partial charge in [-0.05, 0) is 30.7 Å². The predicted octanol–water partition coefficient (Wildman–Crippen LogP) is 3.02. The Hall–Kier alpha value is -1.03. The quantitative estimate of drug-likeness (QED) is 0.753. The van der Waals surface area contributed by atoms with Crippen LogP contribution in [-0.2, 0) is 6.42 Å². The van der Waals surface area contributed by atoms with Crippen molar-refractivity contribution < 1.29 is 0 Å². The number of nitrogens with two attached hydrogens (primary N) is 2. The molecule has 2 nitrogen and oxygen atoms in total. The van der Waals surface area contributed by atoms with E-state index in [2.05, 4.69) is 44.7 Å². The van der Waals surface area contributed by atoms with Gasteiger partial charge in [-0.15, -0.1) is 11.8 Å². The van der Waals surface area contributed by atoms with Crippen molar-refractivity contribution in [2.75, 3.05) is 5.75 Å². The zero-order chi connectivity index (χ0) is 14.3. The van der Waals surface area contributed by atoms with Crippen LogP contribution in [0.3, 0.4) is 0 Å². The number of thioether (sulfide) groups is 1. The summed E-state index contributed by atoms with van der Waals surface area (Å²) >= 11 is 1.74. The Bertz CT molecular complexity index is 440. The van der Waals surface area contributed by atoms with Crippen LogP contribution in [-0.4, -0.2) is 17.8 Å². The van der Waals surface area contributed by atoms with Crippen LogP contribution < -0.4 is 11.5 Å². The van der Waals surface area contributed by atoms with Gasteiger partial charge in [-0.3, -0.25) is 0 Å². The Labute approximate surface area is 121 Å². The fourth-order valence-corrected chi connectivity index (χ4v) is 2.72. The summed E-state index contributed by atoms with van der Waals surface area (Å²) in [5.41, 5.74) is 14.8. The van der Waals surface area contributed by atoms with E-state index in [-0.39, 0.29) is 12.1 Å². The van der Waals surface area contributed by atoms with E-state index in [0.29, 0.717) is 0 Å². The van der Waals surface area contributed by atoms with Crippen LogP contribution in [0.25, 0.3) is 0 Å². The van der Waals surface area contributed by atoms with E-state index in [1.54, 1.807) is 17.8 Å². The average Bonchev–Trinajstić information content (AvgIpc) is 2.36. The minimum atomic E-state index is -0.00849. The maximum atomic E-state index is 6.18.